The predicted octanol–water partition coefficient (Wildman–Crippen LogP) is 2.57. The third-order valence-electron chi connectivity index (χ3n) is 3.29. The molecule has 1 aromatic carbocycles. The maximum Gasteiger partial charge on any atom is 0.406 e. The Morgan fingerprint density at radius 3 is 2.29 bits per heavy atom. The van der Waals surface area contributed by atoms with E-state index in [1.54, 1.807) is 6.92 Å². The van der Waals surface area contributed by atoms with Crippen molar-refractivity contribution in [1.82, 2.24) is 4.90 Å². The normalized spacial score (nSPS) is 10.9. The van der Waals surface area contributed by atoms with Crippen LogP contribution < -0.4 is 9.47 Å². The molecule has 1 amide bonds. The van der Waals surface area contributed by atoms with Crippen molar-refractivity contribution >= 4 is 17.6 Å². The van der Waals surface area contributed by atoms with Crippen molar-refractivity contribution in [3.63, 3.8) is 0 Å². The predicted molar refractivity (Wildman–Crippen MR) is 89.4 cm³/mol. The van der Waals surface area contributed by atoms with Gasteiger partial charge in [0.25, 0.3) is 11.6 Å². The summed E-state index contributed by atoms with van der Waals surface area (Å²) < 4.78 is 53.4. The van der Waals surface area contributed by atoms with Gasteiger partial charge < -0.3 is 19.1 Å². The van der Waals surface area contributed by atoms with Crippen molar-refractivity contribution < 1.29 is 41.9 Å². The van der Waals surface area contributed by atoms with Gasteiger partial charge in [0.15, 0.2) is 11.5 Å². The van der Waals surface area contributed by atoms with E-state index in [9.17, 15) is 32.9 Å². The fourth-order valence-corrected chi connectivity index (χ4v) is 2.25. The number of nitro benzene ring substituents is 1. The van der Waals surface area contributed by atoms with Gasteiger partial charge in [-0.1, -0.05) is 0 Å². The molecule has 0 aliphatic heterocycles. The summed E-state index contributed by atoms with van der Waals surface area (Å²) in [7, 11) is 1.21. The average molecular weight is 408 g/mol. The molecule has 0 unspecified atom stereocenters. The number of esters is 1. The van der Waals surface area contributed by atoms with E-state index in [1.165, 1.54) is 14.0 Å². The lowest BCUT2D eigenvalue weighted by atomic mass is 10.1. The van der Waals surface area contributed by atoms with E-state index < -0.39 is 47.3 Å². The third kappa shape index (κ3) is 6.28. The number of methoxy groups -OCH3 is 1. The first-order valence-electron chi connectivity index (χ1n) is 8.04. The van der Waals surface area contributed by atoms with E-state index >= 15 is 0 Å². The van der Waals surface area contributed by atoms with Crippen LogP contribution in [0.4, 0.5) is 18.9 Å². The Balaban J connectivity index is 3.44. The van der Waals surface area contributed by atoms with Crippen LogP contribution in [0.2, 0.25) is 0 Å². The van der Waals surface area contributed by atoms with Gasteiger partial charge in [0, 0.05) is 6.07 Å². The van der Waals surface area contributed by atoms with Gasteiger partial charge in [-0.25, -0.2) is 0 Å². The number of nitro groups is 1. The number of hydrogen-bond acceptors (Lipinski definition) is 7. The Bertz CT molecular complexity index is 738. The van der Waals surface area contributed by atoms with Crippen molar-refractivity contribution in [1.29, 1.82) is 0 Å². The number of nitrogens with zero attached hydrogens (tertiary/aromatic N) is 2. The quantitative estimate of drug-likeness (QED) is 0.351. The summed E-state index contributed by atoms with van der Waals surface area (Å²) in [6.07, 6.45) is -4.84. The van der Waals surface area contributed by atoms with Crippen LogP contribution in [0.15, 0.2) is 12.1 Å². The van der Waals surface area contributed by atoms with E-state index in [2.05, 4.69) is 4.74 Å². The van der Waals surface area contributed by atoms with Gasteiger partial charge in [0.1, 0.15) is 18.7 Å². The fraction of sp³-hybridized carbons (Fsp3) is 0.500. The summed E-state index contributed by atoms with van der Waals surface area (Å²) in [4.78, 5) is 34.8. The molecule has 0 radical (unpaired) electrons. The summed E-state index contributed by atoms with van der Waals surface area (Å²) in [5, 5.41) is 11.3. The Labute approximate surface area is 158 Å². The Morgan fingerprint density at radius 2 is 1.82 bits per heavy atom. The summed E-state index contributed by atoms with van der Waals surface area (Å²) in [5.41, 5.74) is -1.47. The molecule has 0 aromatic heterocycles. The zero-order chi connectivity index (χ0) is 21.5. The first kappa shape index (κ1) is 23.0. The van der Waals surface area contributed by atoms with Crippen LogP contribution in [0.5, 0.6) is 11.5 Å². The second-order valence-corrected chi connectivity index (χ2v) is 5.29. The molecule has 9 nitrogen and oxygen atoms in total. The highest BCUT2D eigenvalue weighted by Gasteiger charge is 2.37. The first-order chi connectivity index (χ1) is 13.0. The van der Waals surface area contributed by atoms with Crippen LogP contribution in [-0.2, 0) is 9.53 Å². The molecule has 0 saturated heterocycles. The molecule has 0 bridgehead atoms. The highest BCUT2D eigenvalue weighted by molar-refractivity contribution is 6.00. The molecule has 0 fully saturated rings. The van der Waals surface area contributed by atoms with Gasteiger partial charge in [-0.15, -0.1) is 0 Å². The molecular weight excluding hydrogens is 389 g/mol. The van der Waals surface area contributed by atoms with Crippen molar-refractivity contribution in [3.8, 4) is 11.5 Å². The topological polar surface area (TPSA) is 108 Å². The minimum Gasteiger partial charge on any atom is -0.493 e. The highest BCUT2D eigenvalue weighted by atomic mass is 19.4. The molecule has 0 spiro atoms. The van der Waals surface area contributed by atoms with Gasteiger partial charge >= 0.3 is 12.1 Å². The number of halogens is 3. The molecule has 0 aliphatic rings. The molecule has 12 heteroatoms. The lowest BCUT2D eigenvalue weighted by Crippen LogP contribution is -2.42. The molecule has 1 rings (SSSR count). The number of benzene rings is 1. The van der Waals surface area contributed by atoms with Crippen molar-refractivity contribution in [2.75, 3.05) is 33.4 Å². The molecule has 0 atom stereocenters. The summed E-state index contributed by atoms with van der Waals surface area (Å²) in [5.74, 6) is -2.60. The molecule has 1 aromatic rings. The lowest BCUT2D eigenvalue weighted by molar-refractivity contribution is -0.385. The number of alkyl halides is 3. The van der Waals surface area contributed by atoms with E-state index in [0.29, 0.717) is 0 Å². The third-order valence-corrected chi connectivity index (χ3v) is 3.29. The van der Waals surface area contributed by atoms with E-state index in [1.807, 2.05) is 0 Å². The summed E-state index contributed by atoms with van der Waals surface area (Å²) >= 11 is 0. The minimum atomic E-state index is -4.84. The van der Waals surface area contributed by atoms with Gasteiger partial charge in [0.2, 0.25) is 0 Å². The maximum atomic E-state index is 12.9. The summed E-state index contributed by atoms with van der Waals surface area (Å²) in [6, 6.07) is 1.78. The van der Waals surface area contributed by atoms with Crippen LogP contribution in [0.3, 0.4) is 0 Å². The van der Waals surface area contributed by atoms with E-state index in [-0.39, 0.29) is 29.6 Å². The lowest BCUT2D eigenvalue weighted by Gasteiger charge is -2.23. The van der Waals surface area contributed by atoms with Crippen LogP contribution >= 0.6 is 0 Å². The number of amides is 1. The second-order valence-electron chi connectivity index (χ2n) is 5.29. The largest absolute Gasteiger partial charge is 0.493 e. The van der Waals surface area contributed by atoms with Crippen molar-refractivity contribution in [3.05, 3.63) is 27.8 Å². The Morgan fingerprint density at radius 1 is 1.18 bits per heavy atom. The van der Waals surface area contributed by atoms with Crippen LogP contribution in [0, 0.1) is 10.1 Å². The van der Waals surface area contributed by atoms with Crippen LogP contribution in [-0.4, -0.2) is 61.3 Å². The van der Waals surface area contributed by atoms with Gasteiger partial charge in [-0.2, -0.15) is 13.2 Å². The molecule has 0 N–H and O–H groups in total. The van der Waals surface area contributed by atoms with Crippen LogP contribution in [0.25, 0.3) is 0 Å². The number of rotatable bonds is 9. The van der Waals surface area contributed by atoms with E-state index in [4.69, 9.17) is 9.47 Å². The Kier molecular flexibility index (Phi) is 8.01. The standard InChI is InChI=1S/C16H19F3N2O7/c1-4-27-13-6-10(11(21(24)25)7-12(13)26-3)15(23)20(9-16(17,18)19)8-14(22)28-5-2/h6-7H,4-5,8-9H2,1-3H3. The second kappa shape index (κ2) is 9.76. The maximum absolute atomic E-state index is 12.9. The minimum absolute atomic E-state index is 0.0676. The molecule has 28 heavy (non-hydrogen) atoms. The molecule has 156 valence electrons. The number of ether oxygens (including phenoxy) is 3. The van der Waals surface area contributed by atoms with Gasteiger partial charge in [-0.3, -0.25) is 19.7 Å². The van der Waals surface area contributed by atoms with Gasteiger partial charge in [-0.05, 0) is 13.8 Å². The monoisotopic (exact) mass is 408 g/mol. The number of carbonyl (C=O) groups excluding carboxylic acids is 2. The van der Waals surface area contributed by atoms with Gasteiger partial charge in [0.05, 0.1) is 31.3 Å². The average Bonchev–Trinajstić information content (AvgIpc) is 2.59. The fourth-order valence-electron chi connectivity index (χ4n) is 2.25. The zero-order valence-electron chi connectivity index (χ0n) is 15.4. The molecule has 0 heterocycles. The zero-order valence-corrected chi connectivity index (χ0v) is 15.4. The molecule has 0 saturated carbocycles. The van der Waals surface area contributed by atoms with Crippen LogP contribution in [0.1, 0.15) is 24.2 Å². The SMILES string of the molecule is CCOC(=O)CN(CC(F)(F)F)C(=O)c1cc(OCC)c(OC)cc1[N+](=O)[O-]. The molecule has 0 aliphatic carbocycles. The molecular formula is C16H19F3N2O7. The van der Waals surface area contributed by atoms with Crippen molar-refractivity contribution in [2.45, 2.75) is 20.0 Å². The number of carbonyl (C=O) groups is 2. The highest BCUT2D eigenvalue weighted by Crippen LogP contribution is 2.35. The van der Waals surface area contributed by atoms with E-state index in [0.717, 1.165) is 12.1 Å². The number of hydrogen-bond donors (Lipinski definition) is 0. The summed E-state index contributed by atoms with van der Waals surface area (Å²) in [6.45, 7) is 0.216. The first-order valence-corrected chi connectivity index (χ1v) is 8.04. The Hall–Kier alpha value is -3.05. The smallest absolute Gasteiger partial charge is 0.406 e. The van der Waals surface area contributed by atoms with Crippen molar-refractivity contribution in [2.24, 2.45) is 0 Å².